The van der Waals surface area contributed by atoms with Crippen LogP contribution in [0.5, 0.6) is 0 Å². The molecule has 0 aromatic rings. The molecule has 0 saturated heterocycles. The molecule has 0 radical (unpaired) electrons. The Labute approximate surface area is 190 Å². The minimum absolute atomic E-state index is 1.38. The third kappa shape index (κ3) is 19.0. The van der Waals surface area contributed by atoms with Crippen molar-refractivity contribution >= 4 is 13.1 Å². The maximum atomic E-state index is 2.35. The lowest BCUT2D eigenvalue weighted by Crippen LogP contribution is -2.34. The minimum atomic E-state index is -1.38. The van der Waals surface area contributed by atoms with E-state index in [0.717, 1.165) is 0 Å². The Morgan fingerprint density at radius 1 is 0.276 bits per heavy atom. The molecule has 0 N–H and O–H groups in total. The minimum Gasteiger partial charge on any atom is -0.191 e. The third-order valence-corrected chi connectivity index (χ3v) is 14.2. The summed E-state index contributed by atoms with van der Waals surface area (Å²) in [6.45, 7) is 9.40. The van der Waals surface area contributed by atoms with Gasteiger partial charge in [-0.2, -0.15) is 21.1 Å². The Morgan fingerprint density at radius 2 is 0.483 bits per heavy atom. The summed E-state index contributed by atoms with van der Waals surface area (Å²) in [5.74, 6) is 0. The van der Waals surface area contributed by atoms with Crippen LogP contribution in [0.25, 0.3) is 0 Å². The molecule has 29 heavy (non-hydrogen) atoms. The van der Waals surface area contributed by atoms with E-state index in [9.17, 15) is 0 Å². The maximum Gasteiger partial charge on any atom is 0.134 e. The van der Waals surface area contributed by atoms with Crippen LogP contribution in [0.2, 0.25) is 21.1 Å². The van der Waals surface area contributed by atoms with Crippen LogP contribution in [0.4, 0.5) is 0 Å². The molecule has 0 aliphatic carbocycles. The number of hydrogen-bond acceptors (Lipinski definition) is 0. The smallest absolute Gasteiger partial charge is 0.134 e. The standard InChI is InChI=1S/4C7H15.Al/c4*1-3-5-7-6-4-2;/h4*1,3-7H2,2H3;/q;;;;-1. The van der Waals surface area contributed by atoms with Gasteiger partial charge in [0, 0.05) is 0 Å². The van der Waals surface area contributed by atoms with Crippen molar-refractivity contribution in [3.63, 3.8) is 0 Å². The fourth-order valence-corrected chi connectivity index (χ4v) is 11.9. The molecule has 0 saturated carbocycles. The van der Waals surface area contributed by atoms with Crippen molar-refractivity contribution in [1.82, 2.24) is 0 Å². The second-order valence-corrected chi connectivity index (χ2v) is 16.3. The fourth-order valence-electron chi connectivity index (χ4n) is 5.59. The molecule has 0 bridgehead atoms. The molecule has 0 spiro atoms. The molecule has 0 rings (SSSR count). The van der Waals surface area contributed by atoms with E-state index in [4.69, 9.17) is 0 Å². The van der Waals surface area contributed by atoms with Gasteiger partial charge in [0.05, 0.1) is 0 Å². The van der Waals surface area contributed by atoms with E-state index in [1.165, 1.54) is 103 Å². The average Bonchev–Trinajstić information content (AvgIpc) is 2.73. The van der Waals surface area contributed by atoms with Crippen LogP contribution in [-0.4, -0.2) is 13.1 Å². The summed E-state index contributed by atoms with van der Waals surface area (Å²) in [6, 6.07) is 0. The third-order valence-electron chi connectivity index (χ3n) is 7.68. The van der Waals surface area contributed by atoms with Crippen molar-refractivity contribution < 1.29 is 0 Å². The molecule has 0 aliphatic heterocycles. The first-order valence-corrected chi connectivity index (χ1v) is 17.7. The zero-order chi connectivity index (χ0) is 21.5. The van der Waals surface area contributed by atoms with E-state index in [2.05, 4.69) is 27.7 Å². The summed E-state index contributed by atoms with van der Waals surface area (Å²) >= 11 is -1.38. The normalized spacial score (nSPS) is 12.0. The summed E-state index contributed by atoms with van der Waals surface area (Å²) in [4.78, 5) is 0. The quantitative estimate of drug-likeness (QED) is 0.107. The van der Waals surface area contributed by atoms with E-state index < -0.39 is 13.1 Å². The Morgan fingerprint density at radius 3 is 0.690 bits per heavy atom. The van der Waals surface area contributed by atoms with Crippen LogP contribution in [0, 0.1) is 0 Å². The monoisotopic (exact) mass is 423 g/mol. The Bertz CT molecular complexity index is 237. The predicted molar refractivity (Wildman–Crippen MR) is 140 cm³/mol. The molecule has 0 unspecified atom stereocenters. The summed E-state index contributed by atoms with van der Waals surface area (Å²) in [7, 11) is 0. The molecule has 0 amide bonds. The average molecular weight is 424 g/mol. The highest BCUT2D eigenvalue weighted by Gasteiger charge is 2.27. The Balaban J connectivity index is 4.69. The zero-order valence-corrected chi connectivity index (χ0v) is 22.7. The van der Waals surface area contributed by atoms with Crippen LogP contribution in [0.15, 0.2) is 0 Å². The van der Waals surface area contributed by atoms with Gasteiger partial charge >= 0.3 is 0 Å². The Kier molecular flexibility index (Phi) is 23.6. The second-order valence-electron chi connectivity index (χ2n) is 10.5. The highest BCUT2D eigenvalue weighted by Crippen LogP contribution is 2.35. The van der Waals surface area contributed by atoms with Gasteiger partial charge in [-0.15, -0.1) is 0 Å². The summed E-state index contributed by atoms with van der Waals surface area (Å²) in [6.07, 6.45) is 29.8. The van der Waals surface area contributed by atoms with Crippen molar-refractivity contribution in [3.8, 4) is 0 Å². The van der Waals surface area contributed by atoms with Crippen LogP contribution < -0.4 is 0 Å². The number of hydrogen-bond donors (Lipinski definition) is 0. The van der Waals surface area contributed by atoms with Crippen molar-refractivity contribution in [1.29, 1.82) is 0 Å². The van der Waals surface area contributed by atoms with Gasteiger partial charge in [0.25, 0.3) is 0 Å². The van der Waals surface area contributed by atoms with Gasteiger partial charge < -0.3 is 0 Å². The number of rotatable bonds is 24. The first-order valence-electron chi connectivity index (χ1n) is 14.5. The molecule has 176 valence electrons. The lowest BCUT2D eigenvalue weighted by atomic mass is 10.2. The van der Waals surface area contributed by atoms with E-state index in [1.54, 1.807) is 46.8 Å². The molecule has 0 nitrogen and oxygen atoms in total. The molecular weight excluding hydrogens is 363 g/mol. The highest BCUT2D eigenvalue weighted by molar-refractivity contribution is 6.79. The molecule has 0 atom stereocenters. The highest BCUT2D eigenvalue weighted by atomic mass is 27.2. The van der Waals surface area contributed by atoms with Crippen LogP contribution in [-0.2, 0) is 0 Å². The first kappa shape index (κ1) is 29.5. The van der Waals surface area contributed by atoms with E-state index in [0.29, 0.717) is 0 Å². The van der Waals surface area contributed by atoms with Crippen molar-refractivity contribution in [3.05, 3.63) is 0 Å². The van der Waals surface area contributed by atoms with E-state index in [-0.39, 0.29) is 0 Å². The van der Waals surface area contributed by atoms with Crippen LogP contribution in [0.3, 0.4) is 0 Å². The van der Waals surface area contributed by atoms with E-state index in [1.807, 2.05) is 0 Å². The molecule has 0 fully saturated rings. The van der Waals surface area contributed by atoms with Crippen LogP contribution >= 0.6 is 0 Å². The van der Waals surface area contributed by atoms with Gasteiger partial charge in [0.2, 0.25) is 0 Å². The molecular formula is C28H60Al-. The van der Waals surface area contributed by atoms with Gasteiger partial charge in [-0.3, -0.25) is 0 Å². The molecule has 0 aliphatic rings. The second kappa shape index (κ2) is 23.2. The molecule has 0 aromatic heterocycles. The van der Waals surface area contributed by atoms with Crippen molar-refractivity contribution in [2.45, 2.75) is 177 Å². The van der Waals surface area contributed by atoms with Gasteiger partial charge in [-0.05, 0) is 0 Å². The van der Waals surface area contributed by atoms with Gasteiger partial charge in [-0.25, -0.2) is 0 Å². The van der Waals surface area contributed by atoms with Crippen LogP contribution in [0.1, 0.15) is 156 Å². The lowest BCUT2D eigenvalue weighted by molar-refractivity contribution is 0.619. The van der Waals surface area contributed by atoms with Crippen molar-refractivity contribution in [2.75, 3.05) is 0 Å². The van der Waals surface area contributed by atoms with Gasteiger partial charge in [0.1, 0.15) is 13.1 Å². The first-order chi connectivity index (χ1) is 14.2. The summed E-state index contributed by atoms with van der Waals surface area (Å²) in [5, 5.41) is 6.80. The predicted octanol–water partition coefficient (Wildman–Crippen LogP) is 11.3. The SMILES string of the molecule is CCCCCC[CH2][Al-]([CH2]CCCCCC)([CH2]CCCCCC)[CH2]CCCCCC. The summed E-state index contributed by atoms with van der Waals surface area (Å²) < 4.78 is 0. The maximum absolute atomic E-state index is 2.35. The topological polar surface area (TPSA) is 0 Å². The molecule has 0 heterocycles. The molecule has 1 heteroatoms. The molecule has 0 aromatic carbocycles. The summed E-state index contributed by atoms with van der Waals surface area (Å²) in [5.41, 5.74) is 0. The lowest BCUT2D eigenvalue weighted by Gasteiger charge is -2.37. The number of unbranched alkanes of at least 4 members (excludes halogenated alkanes) is 16. The van der Waals surface area contributed by atoms with Gasteiger partial charge in [-0.1, -0.05) is 156 Å². The van der Waals surface area contributed by atoms with E-state index >= 15 is 0 Å². The fraction of sp³-hybridized carbons (Fsp3) is 1.00. The Hall–Kier alpha value is 0.532. The largest absolute Gasteiger partial charge is 0.191 e. The van der Waals surface area contributed by atoms with Crippen molar-refractivity contribution in [2.24, 2.45) is 0 Å². The van der Waals surface area contributed by atoms with Gasteiger partial charge in [0.15, 0.2) is 0 Å². The zero-order valence-electron chi connectivity index (χ0n) is 21.5.